The molecule has 0 atom stereocenters. The number of nitrogens with zero attached hydrogens (tertiary/aromatic N) is 3. The van der Waals surface area contributed by atoms with E-state index >= 15 is 0 Å². The number of rotatable bonds is 9. The minimum atomic E-state index is 0.449. The lowest BCUT2D eigenvalue weighted by Crippen LogP contribution is -2.11. The number of aromatic nitrogens is 2. The first-order valence-electron chi connectivity index (χ1n) is 13.0. The maximum atomic E-state index is 9.81. The Labute approximate surface area is 246 Å². The standard InChI is InChI=1S/C33H24ClN5OS/c34-29-17-25(7-10-31(29)40-26-4-2-1-3-5-26)39-33-24(18-35)20-38-30-16-23(6-9-28(30)33)32-11-8-27(41-32)21-37-19-22-12-14-36-15-13-22/h1-17,20,37H,19,21H2,(H,38,39). The van der Waals surface area contributed by atoms with Gasteiger partial charge in [-0.25, -0.2) is 0 Å². The topological polar surface area (TPSA) is 82.9 Å². The number of hydrogen-bond donors (Lipinski definition) is 2. The monoisotopic (exact) mass is 573 g/mol. The van der Waals surface area contributed by atoms with Crippen molar-refractivity contribution in [2.75, 3.05) is 5.32 Å². The second-order valence-electron chi connectivity index (χ2n) is 9.30. The first kappa shape index (κ1) is 26.5. The number of nitrogens with one attached hydrogen (secondary N) is 2. The Morgan fingerprint density at radius 3 is 2.56 bits per heavy atom. The van der Waals surface area contributed by atoms with E-state index in [1.807, 2.05) is 60.7 Å². The van der Waals surface area contributed by atoms with E-state index in [0.717, 1.165) is 40.1 Å². The Kier molecular flexibility index (Phi) is 7.88. The number of para-hydroxylation sites is 1. The van der Waals surface area contributed by atoms with E-state index < -0.39 is 0 Å². The predicted molar refractivity (Wildman–Crippen MR) is 166 cm³/mol. The number of halogens is 1. The number of benzene rings is 3. The van der Waals surface area contributed by atoms with Crippen LogP contribution in [0.1, 0.15) is 16.0 Å². The lowest BCUT2D eigenvalue weighted by atomic mass is 10.1. The molecule has 0 unspecified atom stereocenters. The summed E-state index contributed by atoms with van der Waals surface area (Å²) in [7, 11) is 0. The Bertz CT molecular complexity index is 1850. The zero-order chi connectivity index (χ0) is 28.0. The molecule has 0 fully saturated rings. The van der Waals surface area contributed by atoms with E-state index in [1.165, 1.54) is 10.4 Å². The average Bonchev–Trinajstić information content (AvgIpc) is 3.48. The van der Waals surface area contributed by atoms with Crippen molar-refractivity contribution in [1.82, 2.24) is 15.3 Å². The molecule has 0 saturated heterocycles. The largest absolute Gasteiger partial charge is 0.456 e. The number of ether oxygens (including phenoxy) is 1. The molecular weight excluding hydrogens is 550 g/mol. The van der Waals surface area contributed by atoms with Gasteiger partial charge in [0, 0.05) is 52.5 Å². The van der Waals surface area contributed by atoms with Crippen molar-refractivity contribution >= 4 is 45.2 Å². The Morgan fingerprint density at radius 1 is 0.902 bits per heavy atom. The fourth-order valence-corrected chi connectivity index (χ4v) is 5.64. The smallest absolute Gasteiger partial charge is 0.146 e. The molecule has 8 heteroatoms. The van der Waals surface area contributed by atoms with Crippen LogP contribution < -0.4 is 15.4 Å². The molecule has 0 spiro atoms. The van der Waals surface area contributed by atoms with Gasteiger partial charge in [-0.05, 0) is 71.8 Å². The molecular formula is C33H24ClN5OS. The molecule has 3 aromatic carbocycles. The summed E-state index contributed by atoms with van der Waals surface area (Å²) in [6, 6.07) is 31.7. The lowest BCUT2D eigenvalue weighted by molar-refractivity contribution is 0.483. The average molecular weight is 574 g/mol. The molecule has 2 N–H and O–H groups in total. The van der Waals surface area contributed by atoms with E-state index in [2.05, 4.69) is 50.9 Å². The van der Waals surface area contributed by atoms with Crippen LogP contribution in [0.3, 0.4) is 0 Å². The Balaban J connectivity index is 1.21. The summed E-state index contributed by atoms with van der Waals surface area (Å²) in [6.45, 7) is 1.58. The van der Waals surface area contributed by atoms with E-state index in [1.54, 1.807) is 36.0 Å². The van der Waals surface area contributed by atoms with E-state index in [0.29, 0.717) is 27.8 Å². The number of hydrogen-bond acceptors (Lipinski definition) is 7. The van der Waals surface area contributed by atoms with Gasteiger partial charge in [-0.15, -0.1) is 11.3 Å². The molecule has 3 heterocycles. The number of thiophene rings is 1. The minimum Gasteiger partial charge on any atom is -0.456 e. The van der Waals surface area contributed by atoms with Gasteiger partial charge in [0.15, 0.2) is 0 Å². The molecule has 200 valence electrons. The van der Waals surface area contributed by atoms with Crippen molar-refractivity contribution in [2.24, 2.45) is 0 Å². The van der Waals surface area contributed by atoms with Gasteiger partial charge in [0.05, 0.1) is 21.8 Å². The van der Waals surface area contributed by atoms with E-state index in [-0.39, 0.29) is 0 Å². The minimum absolute atomic E-state index is 0.449. The first-order valence-corrected chi connectivity index (χ1v) is 14.2. The van der Waals surface area contributed by atoms with Crippen LogP contribution in [0.4, 0.5) is 11.4 Å². The SMILES string of the molecule is N#Cc1cnc2cc(-c3ccc(CNCc4ccncc4)s3)ccc2c1Nc1ccc(Oc2ccccc2)c(Cl)c1. The third-order valence-corrected chi connectivity index (χ3v) is 7.92. The summed E-state index contributed by atoms with van der Waals surface area (Å²) in [4.78, 5) is 11.1. The zero-order valence-electron chi connectivity index (χ0n) is 21.8. The Hall–Kier alpha value is -4.74. The summed E-state index contributed by atoms with van der Waals surface area (Å²) in [5.74, 6) is 1.26. The number of fused-ring (bicyclic) bond motifs is 1. The maximum absolute atomic E-state index is 9.81. The molecule has 6 rings (SSSR count). The van der Waals surface area contributed by atoms with Gasteiger partial charge in [-0.1, -0.05) is 41.9 Å². The molecule has 41 heavy (non-hydrogen) atoms. The highest BCUT2D eigenvalue weighted by molar-refractivity contribution is 7.15. The highest BCUT2D eigenvalue weighted by atomic mass is 35.5. The number of pyridine rings is 2. The highest BCUT2D eigenvalue weighted by Crippen LogP contribution is 2.36. The molecule has 0 aliphatic heterocycles. The van der Waals surface area contributed by atoms with Crippen molar-refractivity contribution in [2.45, 2.75) is 13.1 Å². The quantitative estimate of drug-likeness (QED) is 0.180. The van der Waals surface area contributed by atoms with E-state index in [9.17, 15) is 5.26 Å². The van der Waals surface area contributed by atoms with Crippen LogP contribution in [0.2, 0.25) is 5.02 Å². The Morgan fingerprint density at radius 2 is 1.76 bits per heavy atom. The molecule has 0 bridgehead atoms. The molecule has 6 aromatic rings. The highest BCUT2D eigenvalue weighted by Gasteiger charge is 2.13. The molecule has 0 aliphatic rings. The van der Waals surface area contributed by atoms with Crippen molar-refractivity contribution in [1.29, 1.82) is 5.26 Å². The summed E-state index contributed by atoms with van der Waals surface area (Å²) < 4.78 is 5.90. The van der Waals surface area contributed by atoms with Crippen LogP contribution in [-0.2, 0) is 13.1 Å². The van der Waals surface area contributed by atoms with Gasteiger partial charge < -0.3 is 15.4 Å². The van der Waals surface area contributed by atoms with Crippen LogP contribution in [0.5, 0.6) is 11.5 Å². The van der Waals surface area contributed by atoms with Crippen molar-refractivity contribution in [3.8, 4) is 28.0 Å². The molecule has 0 radical (unpaired) electrons. The number of anilines is 2. The van der Waals surface area contributed by atoms with Crippen LogP contribution in [0.15, 0.2) is 110 Å². The van der Waals surface area contributed by atoms with Crippen LogP contribution >= 0.6 is 22.9 Å². The molecule has 6 nitrogen and oxygen atoms in total. The number of nitriles is 1. The van der Waals surface area contributed by atoms with Crippen molar-refractivity contribution in [3.63, 3.8) is 0 Å². The third-order valence-electron chi connectivity index (χ3n) is 6.49. The van der Waals surface area contributed by atoms with Crippen molar-refractivity contribution in [3.05, 3.63) is 131 Å². The first-order chi connectivity index (χ1) is 20.2. The van der Waals surface area contributed by atoms with Gasteiger partial charge in [0.2, 0.25) is 0 Å². The van der Waals surface area contributed by atoms with Crippen LogP contribution in [0.25, 0.3) is 21.3 Å². The fourth-order valence-electron chi connectivity index (χ4n) is 4.45. The molecule has 3 aromatic heterocycles. The summed E-state index contributed by atoms with van der Waals surface area (Å²) >= 11 is 8.29. The summed E-state index contributed by atoms with van der Waals surface area (Å²) in [5.41, 5.74) is 4.96. The van der Waals surface area contributed by atoms with Crippen molar-refractivity contribution < 1.29 is 4.74 Å². The van der Waals surface area contributed by atoms with Gasteiger partial charge in [0.25, 0.3) is 0 Å². The zero-order valence-corrected chi connectivity index (χ0v) is 23.4. The molecule has 0 saturated carbocycles. The summed E-state index contributed by atoms with van der Waals surface area (Å²) in [5, 5.41) is 18.0. The van der Waals surface area contributed by atoms with Gasteiger partial charge in [0.1, 0.15) is 17.6 Å². The fraction of sp³-hybridized carbons (Fsp3) is 0.0606. The third kappa shape index (κ3) is 6.21. The normalized spacial score (nSPS) is 10.8. The second kappa shape index (κ2) is 12.2. The van der Waals surface area contributed by atoms with Crippen LogP contribution in [0, 0.1) is 11.3 Å². The van der Waals surface area contributed by atoms with Crippen LogP contribution in [-0.4, -0.2) is 9.97 Å². The molecule has 0 amide bonds. The predicted octanol–water partition coefficient (Wildman–Crippen LogP) is 8.71. The van der Waals surface area contributed by atoms with Gasteiger partial charge in [-0.2, -0.15) is 5.26 Å². The van der Waals surface area contributed by atoms with Gasteiger partial charge in [-0.3, -0.25) is 9.97 Å². The van der Waals surface area contributed by atoms with Gasteiger partial charge >= 0.3 is 0 Å². The second-order valence-corrected chi connectivity index (χ2v) is 10.9. The lowest BCUT2D eigenvalue weighted by Gasteiger charge is -2.14. The summed E-state index contributed by atoms with van der Waals surface area (Å²) in [6.07, 6.45) is 5.22. The van der Waals surface area contributed by atoms with E-state index in [4.69, 9.17) is 16.3 Å². The maximum Gasteiger partial charge on any atom is 0.146 e. The molecule has 0 aliphatic carbocycles.